The van der Waals surface area contributed by atoms with Gasteiger partial charge < -0.3 is 10.4 Å². The van der Waals surface area contributed by atoms with Crippen LogP contribution < -0.4 is 5.32 Å². The van der Waals surface area contributed by atoms with Gasteiger partial charge in [-0.05, 0) is 80.0 Å². The van der Waals surface area contributed by atoms with Crippen LogP contribution in [-0.4, -0.2) is 17.6 Å². The van der Waals surface area contributed by atoms with E-state index in [2.05, 4.69) is 17.5 Å². The maximum absolute atomic E-state index is 10.6. The van der Waals surface area contributed by atoms with Gasteiger partial charge in [-0.25, -0.2) is 4.79 Å². The molecule has 2 bridgehead atoms. The fraction of sp³-hybridized carbons (Fsp3) is 0.500. The highest BCUT2D eigenvalue weighted by atomic mass is 35.5. The average molecular weight is 408 g/mol. The lowest BCUT2D eigenvalue weighted by Crippen LogP contribution is -2.43. The Morgan fingerprint density at radius 1 is 1.15 bits per heavy atom. The van der Waals surface area contributed by atoms with Gasteiger partial charge in [-0.3, -0.25) is 0 Å². The summed E-state index contributed by atoms with van der Waals surface area (Å²) in [4.78, 5) is 10.6. The number of carbonyl (C=O) groups is 1. The zero-order valence-corrected chi connectivity index (χ0v) is 16.9. The zero-order chi connectivity index (χ0) is 19.2. The minimum absolute atomic E-state index is 0.587. The number of carboxylic acid groups (broad SMARTS) is 1. The Labute approximate surface area is 171 Å². The summed E-state index contributed by atoms with van der Waals surface area (Å²) in [6, 6.07) is 5.65. The fourth-order valence-electron chi connectivity index (χ4n) is 4.75. The Bertz CT molecular complexity index is 708. The second kappa shape index (κ2) is 9.77. The molecule has 0 unspecified atom stereocenters. The van der Waals surface area contributed by atoms with Crippen LogP contribution in [0.25, 0.3) is 0 Å². The highest BCUT2D eigenvalue weighted by Crippen LogP contribution is 2.49. The molecule has 5 heteroatoms. The number of hydrogen-bond donors (Lipinski definition) is 2. The Morgan fingerprint density at radius 3 is 2.59 bits per heavy atom. The van der Waals surface area contributed by atoms with E-state index in [1.807, 2.05) is 12.1 Å². The molecule has 27 heavy (non-hydrogen) atoms. The molecular formula is C22H27Cl2NO2. The summed E-state index contributed by atoms with van der Waals surface area (Å²) in [6.45, 7) is 1.74. The first-order valence-corrected chi connectivity index (χ1v) is 10.5. The third-order valence-electron chi connectivity index (χ3n) is 6.06. The van der Waals surface area contributed by atoms with Gasteiger partial charge >= 0.3 is 5.97 Å². The van der Waals surface area contributed by atoms with Crippen molar-refractivity contribution in [2.75, 3.05) is 6.54 Å². The lowest BCUT2D eigenvalue weighted by molar-refractivity contribution is -0.131. The van der Waals surface area contributed by atoms with Crippen molar-refractivity contribution in [3.63, 3.8) is 0 Å². The van der Waals surface area contributed by atoms with Crippen LogP contribution in [0, 0.1) is 23.7 Å². The van der Waals surface area contributed by atoms with Crippen LogP contribution in [-0.2, 0) is 11.3 Å². The molecule has 1 aromatic rings. The SMILES string of the molecule is O=C(O)/C=C/C/C=C\[C@H]1C2CCC(CC2)[C@@H]1CNCc1ccc(Cl)cc1Cl. The molecule has 2 N–H and O–H groups in total. The summed E-state index contributed by atoms with van der Waals surface area (Å²) < 4.78 is 0. The lowest BCUT2D eigenvalue weighted by atomic mass is 9.58. The average Bonchev–Trinajstić information content (AvgIpc) is 2.64. The molecule has 1 aromatic carbocycles. The lowest BCUT2D eigenvalue weighted by Gasteiger charge is -2.48. The third kappa shape index (κ3) is 5.60. The second-order valence-corrected chi connectivity index (χ2v) is 8.53. The standard InChI is InChI=1S/C22H27Cl2NO2/c23-18-11-10-17(21(24)12-18)13-25-14-20-16-8-6-15(7-9-16)19(20)4-2-1-3-5-22(26)27/h2-5,10-12,15-16,19-20,25H,1,6-9,13-14H2,(H,26,27)/b4-2-,5-3+/t15?,16?,19-,20-/m0/s1. The van der Waals surface area contributed by atoms with Crippen LogP contribution >= 0.6 is 23.2 Å². The number of hydrogen-bond acceptors (Lipinski definition) is 2. The van der Waals surface area contributed by atoms with Gasteiger partial charge in [-0.2, -0.15) is 0 Å². The monoisotopic (exact) mass is 407 g/mol. The first kappa shape index (κ1) is 20.4. The molecule has 3 aliphatic rings. The van der Waals surface area contributed by atoms with Crippen LogP contribution in [0.4, 0.5) is 0 Å². The number of carboxylic acids is 1. The number of nitrogens with one attached hydrogen (secondary N) is 1. The van der Waals surface area contributed by atoms with Crippen molar-refractivity contribution < 1.29 is 9.90 Å². The van der Waals surface area contributed by atoms with E-state index in [1.165, 1.54) is 31.8 Å². The van der Waals surface area contributed by atoms with Gasteiger partial charge in [0.2, 0.25) is 0 Å². The largest absolute Gasteiger partial charge is 0.478 e. The quantitative estimate of drug-likeness (QED) is 0.427. The van der Waals surface area contributed by atoms with Crippen molar-refractivity contribution in [1.82, 2.24) is 5.32 Å². The number of allylic oxidation sites excluding steroid dienone is 3. The van der Waals surface area contributed by atoms with Gasteiger partial charge in [0.25, 0.3) is 0 Å². The van der Waals surface area contributed by atoms with E-state index in [4.69, 9.17) is 28.3 Å². The Hall–Kier alpha value is -1.29. The molecule has 0 aliphatic heterocycles. The van der Waals surface area contributed by atoms with Crippen molar-refractivity contribution in [3.8, 4) is 0 Å². The van der Waals surface area contributed by atoms with Gasteiger partial charge in [0.1, 0.15) is 0 Å². The fourth-order valence-corrected chi connectivity index (χ4v) is 5.22. The van der Waals surface area contributed by atoms with Gasteiger partial charge in [-0.1, -0.05) is 47.5 Å². The molecule has 0 saturated heterocycles. The van der Waals surface area contributed by atoms with Crippen molar-refractivity contribution >= 4 is 29.2 Å². The molecule has 3 fully saturated rings. The molecule has 3 saturated carbocycles. The number of rotatable bonds is 8. The highest BCUT2D eigenvalue weighted by molar-refractivity contribution is 6.35. The van der Waals surface area contributed by atoms with E-state index in [9.17, 15) is 4.79 Å². The second-order valence-electron chi connectivity index (χ2n) is 7.69. The van der Waals surface area contributed by atoms with Crippen molar-refractivity contribution in [1.29, 1.82) is 0 Å². The van der Waals surface area contributed by atoms with Crippen molar-refractivity contribution in [2.45, 2.75) is 38.6 Å². The van der Waals surface area contributed by atoms with Gasteiger partial charge in [0.05, 0.1) is 0 Å². The molecule has 0 amide bonds. The summed E-state index contributed by atoms with van der Waals surface area (Å²) in [7, 11) is 0. The Morgan fingerprint density at radius 2 is 1.89 bits per heavy atom. The van der Waals surface area contributed by atoms with Gasteiger partial charge in [0.15, 0.2) is 0 Å². The van der Waals surface area contributed by atoms with E-state index < -0.39 is 5.97 Å². The maximum atomic E-state index is 10.6. The minimum atomic E-state index is -0.886. The van der Waals surface area contributed by atoms with E-state index in [-0.39, 0.29) is 0 Å². The molecule has 0 spiro atoms. The highest BCUT2D eigenvalue weighted by Gasteiger charge is 2.41. The number of fused-ring (bicyclic) bond motifs is 3. The molecule has 2 atom stereocenters. The molecule has 0 aromatic heterocycles. The van der Waals surface area contributed by atoms with Gasteiger partial charge in [-0.15, -0.1) is 0 Å². The summed E-state index contributed by atoms with van der Waals surface area (Å²) in [5.74, 6) is 1.89. The van der Waals surface area contributed by atoms with Crippen LogP contribution in [0.1, 0.15) is 37.7 Å². The van der Waals surface area contributed by atoms with Gasteiger partial charge in [0, 0.05) is 22.7 Å². The van der Waals surface area contributed by atoms with Crippen LogP contribution in [0.3, 0.4) is 0 Å². The van der Waals surface area contributed by atoms with Crippen LogP contribution in [0.15, 0.2) is 42.5 Å². The van der Waals surface area contributed by atoms with E-state index >= 15 is 0 Å². The molecule has 4 rings (SSSR count). The number of halogens is 2. The molecule has 3 aliphatic carbocycles. The summed E-state index contributed by atoms with van der Waals surface area (Å²) in [5, 5.41) is 13.7. The maximum Gasteiger partial charge on any atom is 0.327 e. The van der Waals surface area contributed by atoms with Crippen LogP contribution in [0.5, 0.6) is 0 Å². The summed E-state index contributed by atoms with van der Waals surface area (Å²) in [6.07, 6.45) is 13.4. The molecule has 0 radical (unpaired) electrons. The normalized spacial score (nSPS) is 27.6. The zero-order valence-electron chi connectivity index (χ0n) is 15.4. The predicted molar refractivity (Wildman–Crippen MR) is 111 cm³/mol. The van der Waals surface area contributed by atoms with Crippen molar-refractivity contribution in [2.24, 2.45) is 23.7 Å². The molecule has 146 valence electrons. The minimum Gasteiger partial charge on any atom is -0.478 e. The smallest absolute Gasteiger partial charge is 0.327 e. The molecule has 3 nitrogen and oxygen atoms in total. The first-order valence-electron chi connectivity index (χ1n) is 9.75. The Balaban J connectivity index is 1.57. The molecular weight excluding hydrogens is 381 g/mol. The first-order chi connectivity index (χ1) is 13.0. The topological polar surface area (TPSA) is 49.3 Å². The van der Waals surface area contributed by atoms with E-state index in [0.717, 1.165) is 30.5 Å². The van der Waals surface area contributed by atoms with E-state index in [1.54, 1.807) is 12.1 Å². The summed E-state index contributed by atoms with van der Waals surface area (Å²) in [5.41, 5.74) is 1.08. The number of aliphatic carboxylic acids is 1. The Kier molecular flexibility index (Phi) is 7.40. The van der Waals surface area contributed by atoms with E-state index in [0.29, 0.717) is 28.3 Å². The molecule has 0 heterocycles. The predicted octanol–water partition coefficient (Wildman–Crippen LogP) is 5.72. The van der Waals surface area contributed by atoms with Crippen molar-refractivity contribution in [3.05, 3.63) is 58.1 Å². The van der Waals surface area contributed by atoms with Crippen LogP contribution in [0.2, 0.25) is 10.0 Å². The third-order valence-corrected chi connectivity index (χ3v) is 6.65. The number of benzene rings is 1. The summed E-state index contributed by atoms with van der Waals surface area (Å²) >= 11 is 12.3.